The first-order chi connectivity index (χ1) is 18.9. The molecule has 5 heterocycles. The second-order valence-electron chi connectivity index (χ2n) is 10.0. The van der Waals surface area contributed by atoms with Crippen molar-refractivity contribution >= 4 is 26.7 Å². The van der Waals surface area contributed by atoms with E-state index in [0.717, 1.165) is 15.6 Å². The van der Waals surface area contributed by atoms with E-state index in [1.807, 2.05) is 19.3 Å². The molecule has 0 saturated carbocycles. The molecule has 1 fully saturated rings. The summed E-state index contributed by atoms with van der Waals surface area (Å²) in [7, 11) is 0.570. The SMILES string of the molecule is CNc1ncc(-c2ccc3c(CCN(C)C4CCS(=O)(=O)CC4)cn(-c4cnn(CC(F)(F)F)c4)c3n2)cc1F. The molecule has 5 rings (SSSR count). The van der Waals surface area contributed by atoms with Crippen LogP contribution >= 0.6 is 0 Å². The van der Waals surface area contributed by atoms with Crippen LogP contribution in [-0.4, -0.2) is 82.0 Å². The first kappa shape index (κ1) is 28.0. The lowest BCUT2D eigenvalue weighted by atomic mass is 10.1. The Morgan fingerprint density at radius 3 is 2.58 bits per heavy atom. The maximum absolute atomic E-state index is 14.4. The molecular weight excluding hydrogens is 550 g/mol. The molecule has 4 aromatic heterocycles. The van der Waals surface area contributed by atoms with Crippen molar-refractivity contribution in [2.24, 2.45) is 0 Å². The lowest BCUT2D eigenvalue weighted by Gasteiger charge is -2.31. The quantitative estimate of drug-likeness (QED) is 0.314. The monoisotopic (exact) mass is 579 g/mol. The van der Waals surface area contributed by atoms with E-state index in [4.69, 9.17) is 4.98 Å². The van der Waals surface area contributed by atoms with Crippen molar-refractivity contribution < 1.29 is 26.0 Å². The Bertz CT molecular complexity index is 1620. The number of hydrogen-bond donors (Lipinski definition) is 1. The lowest BCUT2D eigenvalue weighted by Crippen LogP contribution is -2.39. The summed E-state index contributed by atoms with van der Waals surface area (Å²) in [6.07, 6.45) is 3.34. The molecule has 9 nitrogen and oxygen atoms in total. The average Bonchev–Trinajstić information content (AvgIpc) is 3.50. The molecule has 1 aliphatic rings. The number of nitrogens with zero attached hydrogens (tertiary/aromatic N) is 6. The van der Waals surface area contributed by atoms with Crippen LogP contribution in [0.15, 0.2) is 43.0 Å². The average molecular weight is 580 g/mol. The molecule has 214 valence electrons. The van der Waals surface area contributed by atoms with Crippen LogP contribution in [0, 0.1) is 5.82 Å². The molecule has 0 unspecified atom stereocenters. The van der Waals surface area contributed by atoms with Crippen LogP contribution in [0.25, 0.3) is 28.0 Å². The van der Waals surface area contributed by atoms with Gasteiger partial charge in [-0.3, -0.25) is 9.25 Å². The Morgan fingerprint density at radius 2 is 1.90 bits per heavy atom. The first-order valence-electron chi connectivity index (χ1n) is 12.8. The molecule has 1 aliphatic heterocycles. The number of sulfone groups is 1. The molecule has 0 aliphatic carbocycles. The van der Waals surface area contributed by atoms with Gasteiger partial charge in [0.2, 0.25) is 0 Å². The van der Waals surface area contributed by atoms with Crippen LogP contribution in [-0.2, 0) is 22.8 Å². The first-order valence-corrected chi connectivity index (χ1v) is 14.6. The van der Waals surface area contributed by atoms with E-state index < -0.39 is 28.4 Å². The standard InChI is InChI=1S/C26H29F4N7O2S/c1-31-24-22(27)11-18(12-32-24)23-4-3-21-17(5-8-35(2)19-6-9-40(38,39)10-7-19)14-37(25(21)34-23)20-13-33-36(15-20)16-26(28,29)30/h3-4,11-15,19H,5-10,16H2,1-2H3,(H,31,32). The number of aromatic nitrogens is 5. The highest BCUT2D eigenvalue weighted by Gasteiger charge is 2.29. The summed E-state index contributed by atoms with van der Waals surface area (Å²) in [5, 5.41) is 7.35. The van der Waals surface area contributed by atoms with Crippen LogP contribution in [0.4, 0.5) is 23.4 Å². The Labute approximate surface area is 228 Å². The van der Waals surface area contributed by atoms with E-state index in [0.29, 0.717) is 48.4 Å². The maximum Gasteiger partial charge on any atom is 0.408 e. The fraction of sp³-hybridized carbons (Fsp3) is 0.423. The zero-order valence-electron chi connectivity index (χ0n) is 22.0. The summed E-state index contributed by atoms with van der Waals surface area (Å²) in [6.45, 7) is -0.568. The lowest BCUT2D eigenvalue weighted by molar-refractivity contribution is -0.142. The minimum atomic E-state index is -4.42. The van der Waals surface area contributed by atoms with E-state index >= 15 is 0 Å². The van der Waals surface area contributed by atoms with Crippen molar-refractivity contribution in [2.45, 2.75) is 38.0 Å². The fourth-order valence-electron chi connectivity index (χ4n) is 5.03. The Kier molecular flexibility index (Phi) is 7.57. The van der Waals surface area contributed by atoms with Gasteiger partial charge in [0.1, 0.15) is 22.0 Å². The largest absolute Gasteiger partial charge is 0.408 e. The van der Waals surface area contributed by atoms with Crippen molar-refractivity contribution in [3.8, 4) is 16.9 Å². The fourth-order valence-corrected chi connectivity index (χ4v) is 6.50. The third kappa shape index (κ3) is 6.12. The minimum Gasteiger partial charge on any atom is -0.371 e. The molecular formula is C26H29F4N7O2S. The molecule has 40 heavy (non-hydrogen) atoms. The van der Waals surface area contributed by atoms with Crippen LogP contribution in [0.3, 0.4) is 0 Å². The van der Waals surface area contributed by atoms with Crippen LogP contribution in [0.5, 0.6) is 0 Å². The molecule has 0 aromatic carbocycles. The van der Waals surface area contributed by atoms with Gasteiger partial charge in [0.15, 0.2) is 11.6 Å². The van der Waals surface area contributed by atoms with E-state index in [-0.39, 0.29) is 23.4 Å². The number of halogens is 4. The van der Waals surface area contributed by atoms with Crippen molar-refractivity contribution in [3.05, 3.63) is 54.4 Å². The molecule has 4 aromatic rings. The van der Waals surface area contributed by atoms with Crippen molar-refractivity contribution in [1.82, 2.24) is 29.2 Å². The zero-order valence-corrected chi connectivity index (χ0v) is 22.8. The molecule has 0 bridgehead atoms. The second-order valence-corrected chi connectivity index (χ2v) is 12.3. The number of hydrogen-bond acceptors (Lipinski definition) is 7. The third-order valence-electron chi connectivity index (χ3n) is 7.23. The molecule has 14 heteroatoms. The Balaban J connectivity index is 1.48. The number of pyridine rings is 2. The molecule has 0 spiro atoms. The van der Waals surface area contributed by atoms with Crippen molar-refractivity contribution in [2.75, 3.05) is 37.5 Å². The molecule has 0 atom stereocenters. The molecule has 0 amide bonds. The summed E-state index contributed by atoms with van der Waals surface area (Å²) < 4.78 is 79.4. The Morgan fingerprint density at radius 1 is 1.15 bits per heavy atom. The van der Waals surface area contributed by atoms with Crippen LogP contribution < -0.4 is 5.32 Å². The number of alkyl halides is 3. The normalized spacial score (nSPS) is 16.2. The van der Waals surface area contributed by atoms with Crippen LogP contribution in [0.2, 0.25) is 0 Å². The summed E-state index contributed by atoms with van der Waals surface area (Å²) in [5.74, 6) is -0.0707. The van der Waals surface area contributed by atoms with E-state index in [1.165, 1.54) is 24.7 Å². The summed E-state index contributed by atoms with van der Waals surface area (Å²) in [4.78, 5) is 11.0. The van der Waals surface area contributed by atoms with Gasteiger partial charge in [-0.25, -0.2) is 22.8 Å². The van der Waals surface area contributed by atoms with E-state index in [1.54, 1.807) is 17.7 Å². The molecule has 1 saturated heterocycles. The van der Waals surface area contributed by atoms with Crippen molar-refractivity contribution in [3.63, 3.8) is 0 Å². The minimum absolute atomic E-state index is 0.104. The second kappa shape index (κ2) is 10.8. The van der Waals surface area contributed by atoms with E-state index in [2.05, 4.69) is 20.3 Å². The topological polar surface area (TPSA) is 97.9 Å². The predicted octanol–water partition coefficient (Wildman–Crippen LogP) is 4.08. The van der Waals surface area contributed by atoms with Gasteiger partial charge in [-0.1, -0.05) is 0 Å². The number of fused-ring (bicyclic) bond motifs is 1. The maximum atomic E-state index is 14.4. The van der Waals surface area contributed by atoms with Gasteiger partial charge in [0, 0.05) is 49.2 Å². The highest BCUT2D eigenvalue weighted by Crippen LogP contribution is 2.29. The van der Waals surface area contributed by atoms with Gasteiger partial charge in [0.05, 0.1) is 29.1 Å². The van der Waals surface area contributed by atoms with Gasteiger partial charge in [-0.2, -0.15) is 18.3 Å². The molecule has 0 radical (unpaired) electrons. The highest BCUT2D eigenvalue weighted by molar-refractivity contribution is 7.91. The van der Waals surface area contributed by atoms with E-state index in [9.17, 15) is 26.0 Å². The zero-order chi connectivity index (χ0) is 28.7. The predicted molar refractivity (Wildman–Crippen MR) is 144 cm³/mol. The number of anilines is 1. The van der Waals surface area contributed by atoms with Gasteiger partial charge in [-0.15, -0.1) is 0 Å². The number of rotatable bonds is 8. The molecule has 1 N–H and O–H groups in total. The van der Waals surface area contributed by atoms with Gasteiger partial charge >= 0.3 is 6.18 Å². The summed E-state index contributed by atoms with van der Waals surface area (Å²) in [5.41, 5.74) is 2.72. The summed E-state index contributed by atoms with van der Waals surface area (Å²) in [6, 6.07) is 5.10. The highest BCUT2D eigenvalue weighted by atomic mass is 32.2. The van der Waals surface area contributed by atoms with Crippen molar-refractivity contribution in [1.29, 1.82) is 0 Å². The number of nitrogens with one attached hydrogen (secondary N) is 1. The Hall–Kier alpha value is -3.52. The van der Waals surface area contributed by atoms with Gasteiger partial charge in [0.25, 0.3) is 0 Å². The van der Waals surface area contributed by atoms with Crippen LogP contribution in [0.1, 0.15) is 18.4 Å². The van der Waals surface area contributed by atoms with Gasteiger partial charge < -0.3 is 10.2 Å². The van der Waals surface area contributed by atoms with Gasteiger partial charge in [-0.05, 0) is 50.1 Å². The summed E-state index contributed by atoms with van der Waals surface area (Å²) >= 11 is 0. The smallest absolute Gasteiger partial charge is 0.371 e. The third-order valence-corrected chi connectivity index (χ3v) is 8.94. The number of likely N-dealkylation sites (N-methyl/N-ethyl adjacent to an activating group) is 1.